The van der Waals surface area contributed by atoms with Crippen molar-refractivity contribution in [1.82, 2.24) is 14.9 Å². The molecule has 90 valence electrons. The van der Waals surface area contributed by atoms with Gasteiger partial charge in [-0.25, -0.2) is 4.98 Å². The average Bonchev–Trinajstić information content (AvgIpc) is 3.03. The third-order valence-electron chi connectivity index (χ3n) is 3.43. The lowest BCUT2D eigenvalue weighted by Crippen LogP contribution is -2.29. The van der Waals surface area contributed by atoms with Crippen molar-refractivity contribution >= 4 is 11.0 Å². The number of benzene rings is 1. The van der Waals surface area contributed by atoms with Crippen LogP contribution in [0.15, 0.2) is 24.5 Å². The van der Waals surface area contributed by atoms with E-state index in [0.29, 0.717) is 6.04 Å². The van der Waals surface area contributed by atoms with E-state index in [-0.39, 0.29) is 0 Å². The summed E-state index contributed by atoms with van der Waals surface area (Å²) < 4.78 is 2.06. The number of nitrogens with zero attached hydrogens (tertiary/aromatic N) is 2. The zero-order valence-electron chi connectivity index (χ0n) is 10.5. The van der Waals surface area contributed by atoms with Crippen molar-refractivity contribution in [2.24, 2.45) is 7.05 Å². The van der Waals surface area contributed by atoms with E-state index in [2.05, 4.69) is 40.0 Å². The summed E-state index contributed by atoms with van der Waals surface area (Å²) in [6.45, 7) is 2.26. The van der Waals surface area contributed by atoms with Gasteiger partial charge in [-0.15, -0.1) is 0 Å². The van der Waals surface area contributed by atoms with Gasteiger partial charge in [-0.05, 0) is 43.9 Å². The van der Waals surface area contributed by atoms with E-state index < -0.39 is 0 Å². The van der Waals surface area contributed by atoms with Crippen LogP contribution in [0, 0.1) is 0 Å². The molecule has 0 bridgehead atoms. The van der Waals surface area contributed by atoms with Crippen molar-refractivity contribution in [3.63, 3.8) is 0 Å². The van der Waals surface area contributed by atoms with Crippen molar-refractivity contribution in [2.75, 3.05) is 0 Å². The molecule has 1 aliphatic rings. The van der Waals surface area contributed by atoms with Gasteiger partial charge in [0, 0.05) is 19.1 Å². The second-order valence-corrected chi connectivity index (χ2v) is 5.22. The summed E-state index contributed by atoms with van der Waals surface area (Å²) in [6, 6.07) is 7.93. The topological polar surface area (TPSA) is 29.9 Å². The molecule has 1 heterocycles. The van der Waals surface area contributed by atoms with E-state index in [0.717, 1.165) is 18.0 Å². The van der Waals surface area contributed by atoms with Crippen LogP contribution < -0.4 is 5.32 Å². The fraction of sp³-hybridized carbons (Fsp3) is 0.500. The zero-order valence-corrected chi connectivity index (χ0v) is 10.5. The van der Waals surface area contributed by atoms with Crippen molar-refractivity contribution in [2.45, 2.75) is 38.3 Å². The Hall–Kier alpha value is -1.35. The highest BCUT2D eigenvalue weighted by Gasteiger charge is 2.22. The van der Waals surface area contributed by atoms with Gasteiger partial charge < -0.3 is 9.88 Å². The number of nitrogens with one attached hydrogen (secondary N) is 1. The molecule has 0 radical (unpaired) electrons. The number of aromatic nitrogens is 2. The first-order chi connectivity index (χ1) is 8.22. The molecule has 3 heteroatoms. The molecule has 1 aliphatic carbocycles. The van der Waals surface area contributed by atoms with E-state index in [1.807, 2.05) is 13.4 Å². The van der Waals surface area contributed by atoms with Crippen molar-refractivity contribution in [3.8, 4) is 0 Å². The largest absolute Gasteiger partial charge is 0.334 e. The summed E-state index contributed by atoms with van der Waals surface area (Å²) in [5, 5.41) is 3.63. The molecule has 2 aromatic rings. The minimum absolute atomic E-state index is 0.559. The van der Waals surface area contributed by atoms with Gasteiger partial charge in [0.05, 0.1) is 17.4 Å². The maximum atomic E-state index is 4.40. The Bertz CT molecular complexity index is 525. The molecule has 0 aliphatic heterocycles. The molecule has 1 fully saturated rings. The lowest BCUT2D eigenvalue weighted by atomic mass is 10.1. The van der Waals surface area contributed by atoms with Gasteiger partial charge >= 0.3 is 0 Å². The third kappa shape index (κ3) is 2.34. The number of rotatable bonds is 4. The minimum atomic E-state index is 0.559. The van der Waals surface area contributed by atoms with Crippen LogP contribution in [0.1, 0.15) is 25.3 Å². The second-order valence-electron chi connectivity index (χ2n) is 5.22. The van der Waals surface area contributed by atoms with E-state index in [9.17, 15) is 0 Å². The minimum Gasteiger partial charge on any atom is -0.334 e. The molecular weight excluding hydrogens is 210 g/mol. The summed E-state index contributed by atoms with van der Waals surface area (Å²) in [7, 11) is 2.03. The van der Waals surface area contributed by atoms with Crippen molar-refractivity contribution in [1.29, 1.82) is 0 Å². The number of fused-ring (bicyclic) bond motifs is 1. The SMILES string of the molecule is CC(Cc1ccc2c(c1)ncn2C)NC1CC1. The smallest absolute Gasteiger partial charge is 0.0955 e. The predicted molar refractivity (Wildman–Crippen MR) is 70.0 cm³/mol. The van der Waals surface area contributed by atoms with Gasteiger partial charge in [0.1, 0.15) is 0 Å². The maximum Gasteiger partial charge on any atom is 0.0955 e. The van der Waals surface area contributed by atoms with Crippen LogP contribution in [0.5, 0.6) is 0 Å². The molecule has 1 N–H and O–H groups in total. The first-order valence-corrected chi connectivity index (χ1v) is 6.38. The molecule has 1 aromatic heterocycles. The molecule has 3 nitrogen and oxygen atoms in total. The van der Waals surface area contributed by atoms with Crippen LogP contribution in [0.4, 0.5) is 0 Å². The van der Waals surface area contributed by atoms with Gasteiger partial charge in [-0.1, -0.05) is 6.07 Å². The van der Waals surface area contributed by atoms with Gasteiger partial charge in [0.25, 0.3) is 0 Å². The number of hydrogen-bond donors (Lipinski definition) is 1. The van der Waals surface area contributed by atoms with Crippen LogP contribution in [0.25, 0.3) is 11.0 Å². The van der Waals surface area contributed by atoms with E-state index in [1.165, 1.54) is 23.9 Å². The molecule has 17 heavy (non-hydrogen) atoms. The van der Waals surface area contributed by atoms with Crippen LogP contribution in [-0.4, -0.2) is 21.6 Å². The van der Waals surface area contributed by atoms with Crippen molar-refractivity contribution in [3.05, 3.63) is 30.1 Å². The highest BCUT2D eigenvalue weighted by atomic mass is 15.0. The number of imidazole rings is 1. The van der Waals surface area contributed by atoms with E-state index >= 15 is 0 Å². The fourth-order valence-corrected chi connectivity index (χ4v) is 2.37. The Morgan fingerprint density at radius 1 is 1.47 bits per heavy atom. The van der Waals surface area contributed by atoms with Crippen LogP contribution in [0.3, 0.4) is 0 Å². The summed E-state index contributed by atoms with van der Waals surface area (Å²) >= 11 is 0. The Morgan fingerprint density at radius 2 is 2.29 bits per heavy atom. The molecule has 0 saturated heterocycles. The highest BCUT2D eigenvalue weighted by Crippen LogP contribution is 2.20. The molecule has 0 spiro atoms. The van der Waals surface area contributed by atoms with E-state index in [4.69, 9.17) is 0 Å². The monoisotopic (exact) mass is 229 g/mol. The average molecular weight is 229 g/mol. The molecule has 1 unspecified atom stereocenters. The van der Waals surface area contributed by atoms with Crippen molar-refractivity contribution < 1.29 is 0 Å². The summed E-state index contributed by atoms with van der Waals surface area (Å²) in [4.78, 5) is 4.40. The Balaban J connectivity index is 1.75. The quantitative estimate of drug-likeness (QED) is 0.871. The summed E-state index contributed by atoms with van der Waals surface area (Å²) in [6.07, 6.45) is 5.66. The Labute approximate surface area is 102 Å². The molecule has 0 amide bonds. The van der Waals surface area contributed by atoms with Crippen LogP contribution in [-0.2, 0) is 13.5 Å². The second kappa shape index (κ2) is 4.15. The van der Waals surface area contributed by atoms with E-state index in [1.54, 1.807) is 0 Å². The predicted octanol–water partition coefficient (Wildman–Crippen LogP) is 2.26. The molecular formula is C14H19N3. The Morgan fingerprint density at radius 3 is 3.06 bits per heavy atom. The van der Waals surface area contributed by atoms with Crippen LogP contribution >= 0.6 is 0 Å². The first-order valence-electron chi connectivity index (χ1n) is 6.38. The summed E-state index contributed by atoms with van der Waals surface area (Å²) in [5.41, 5.74) is 3.68. The normalized spacial score (nSPS) is 17.5. The third-order valence-corrected chi connectivity index (χ3v) is 3.43. The highest BCUT2D eigenvalue weighted by molar-refractivity contribution is 5.75. The maximum absolute atomic E-state index is 4.40. The molecule has 3 rings (SSSR count). The molecule has 1 aromatic carbocycles. The summed E-state index contributed by atoms with van der Waals surface area (Å²) in [5.74, 6) is 0. The number of aryl methyl sites for hydroxylation is 1. The first kappa shape index (κ1) is 10.8. The molecule has 1 saturated carbocycles. The Kier molecular flexibility index (Phi) is 2.63. The van der Waals surface area contributed by atoms with Gasteiger partial charge in [0.2, 0.25) is 0 Å². The zero-order chi connectivity index (χ0) is 11.8. The lowest BCUT2D eigenvalue weighted by molar-refractivity contribution is 0.543. The fourth-order valence-electron chi connectivity index (χ4n) is 2.37. The van der Waals surface area contributed by atoms with Crippen LogP contribution in [0.2, 0.25) is 0 Å². The van der Waals surface area contributed by atoms with Gasteiger partial charge in [0.15, 0.2) is 0 Å². The standard InChI is InChI=1S/C14H19N3/c1-10(16-12-4-5-12)7-11-3-6-14-13(8-11)15-9-17(14)2/h3,6,8-10,12,16H,4-5,7H2,1-2H3. The van der Waals surface area contributed by atoms with Gasteiger partial charge in [-0.3, -0.25) is 0 Å². The lowest BCUT2D eigenvalue weighted by Gasteiger charge is -2.13. The molecule has 1 atom stereocenters. The van der Waals surface area contributed by atoms with Gasteiger partial charge in [-0.2, -0.15) is 0 Å². The number of hydrogen-bond acceptors (Lipinski definition) is 2.